The van der Waals surface area contributed by atoms with Crippen LogP contribution in [0.3, 0.4) is 0 Å². The Morgan fingerprint density at radius 2 is 1.60 bits per heavy atom. The third-order valence-electron chi connectivity index (χ3n) is 15.7. The van der Waals surface area contributed by atoms with E-state index in [0.29, 0.717) is 71.1 Å². The molecule has 434 valence electrons. The number of hydrogen-bond donors (Lipinski definition) is 5. The predicted molar refractivity (Wildman–Crippen MR) is 292 cm³/mol. The average molecular weight is 1130 g/mol. The minimum absolute atomic E-state index is 0.0148. The largest absolute Gasteiger partial charge is 0.481 e. The van der Waals surface area contributed by atoms with E-state index in [1.807, 2.05) is 0 Å². The molecule has 22 heteroatoms. The van der Waals surface area contributed by atoms with E-state index in [2.05, 4.69) is 16.0 Å². The van der Waals surface area contributed by atoms with Crippen LogP contribution in [0, 0.1) is 18.7 Å². The third-order valence-corrected chi connectivity index (χ3v) is 15.7. The van der Waals surface area contributed by atoms with Crippen LogP contribution in [0.5, 0.6) is 0 Å². The van der Waals surface area contributed by atoms with Crippen LogP contribution in [0.1, 0.15) is 142 Å². The highest BCUT2D eigenvalue weighted by atomic mass is 19.1. The Hall–Kier alpha value is -8.11. The first-order chi connectivity index (χ1) is 39.3. The van der Waals surface area contributed by atoms with Crippen LogP contribution in [0.4, 0.5) is 4.39 Å². The molecule has 0 saturated heterocycles. The first-order valence-electron chi connectivity index (χ1n) is 27.9. The number of benzene rings is 2. The van der Waals surface area contributed by atoms with Gasteiger partial charge in [0.25, 0.3) is 17.4 Å². The number of carboxylic acid groups (broad SMARTS) is 1. The normalized spacial score (nSPS) is 17.4. The molecule has 0 bridgehead atoms. The second-order valence-electron chi connectivity index (χ2n) is 21.4. The van der Waals surface area contributed by atoms with Crippen LogP contribution in [0.15, 0.2) is 59.4 Å². The third kappa shape index (κ3) is 14.0. The van der Waals surface area contributed by atoms with Crippen molar-refractivity contribution in [3.05, 3.63) is 110 Å². The molecule has 1 aliphatic carbocycles. The topological polar surface area (TPSA) is 304 Å². The SMILES string of the molecule is CC[C@@]1(O)C(=O)OCc2c1cc1n(c2=O)Cc2c-1nc1cc(F)c(C)c3c1c2[C@@H](NC(=O)CCCNC(=O)CCC(=O)[C@H](Cc1ccccc1)NC(=O)CCC(=O)COC[C@H](CC(=O)O)CC(=O)CCCCCN1C(=O)C=CC1=O)CC3. The van der Waals surface area contributed by atoms with Crippen LogP contribution in [-0.2, 0) is 89.0 Å². The van der Waals surface area contributed by atoms with E-state index < -0.39 is 76.9 Å². The number of unbranched alkanes of at least 4 members (excludes halogenated alkanes) is 2. The van der Waals surface area contributed by atoms with Crippen molar-refractivity contribution < 1.29 is 72.0 Å². The van der Waals surface area contributed by atoms with Gasteiger partial charge in [0.2, 0.25) is 17.7 Å². The maximum absolute atomic E-state index is 15.4. The Bertz CT molecular complexity index is 3300. The van der Waals surface area contributed by atoms with Gasteiger partial charge in [-0.05, 0) is 86.1 Å². The number of aromatic nitrogens is 2. The number of imide groups is 1. The maximum atomic E-state index is 15.4. The highest BCUT2D eigenvalue weighted by Gasteiger charge is 2.46. The van der Waals surface area contributed by atoms with Gasteiger partial charge in [-0.25, -0.2) is 14.2 Å². The van der Waals surface area contributed by atoms with E-state index in [9.17, 15) is 63.0 Å². The number of esters is 1. The minimum Gasteiger partial charge on any atom is -0.481 e. The summed E-state index contributed by atoms with van der Waals surface area (Å²) in [5.74, 6) is -6.33. The van der Waals surface area contributed by atoms with Gasteiger partial charge in [-0.15, -0.1) is 0 Å². The smallest absolute Gasteiger partial charge is 0.343 e. The molecule has 2 aromatic heterocycles. The quantitative estimate of drug-likeness (QED) is 0.0240. The zero-order valence-electron chi connectivity index (χ0n) is 45.9. The fraction of sp³-hybridized carbons (Fsp3) is 0.467. The summed E-state index contributed by atoms with van der Waals surface area (Å²) < 4.78 is 27.6. The molecule has 0 fully saturated rings. The van der Waals surface area contributed by atoms with Gasteiger partial charge in [-0.1, -0.05) is 43.7 Å². The number of pyridine rings is 2. The highest BCUT2D eigenvalue weighted by molar-refractivity contribution is 6.12. The molecule has 0 unspecified atom stereocenters. The molecule has 4 atom stereocenters. The lowest BCUT2D eigenvalue weighted by Crippen LogP contribution is -2.44. The van der Waals surface area contributed by atoms with Crippen molar-refractivity contribution in [3.8, 4) is 11.4 Å². The molecule has 4 aliphatic rings. The number of nitrogens with zero attached hydrogens (tertiary/aromatic N) is 3. The van der Waals surface area contributed by atoms with Crippen molar-refractivity contribution in [2.45, 2.75) is 147 Å². The summed E-state index contributed by atoms with van der Waals surface area (Å²) in [6.07, 6.45) is 3.93. The Morgan fingerprint density at radius 3 is 2.33 bits per heavy atom. The van der Waals surface area contributed by atoms with Crippen molar-refractivity contribution in [2.75, 3.05) is 26.3 Å². The monoisotopic (exact) mass is 1130 g/mol. The van der Waals surface area contributed by atoms with Crippen molar-refractivity contribution in [3.63, 3.8) is 0 Å². The van der Waals surface area contributed by atoms with E-state index in [1.165, 1.54) is 22.8 Å². The number of carboxylic acids is 1. The summed E-state index contributed by atoms with van der Waals surface area (Å²) in [6, 6.07) is 10.3. The number of halogens is 1. The number of hydrogen-bond acceptors (Lipinski definition) is 15. The molecule has 0 radical (unpaired) electrons. The molecular weight excluding hydrogens is 1060 g/mol. The zero-order valence-corrected chi connectivity index (χ0v) is 45.9. The Balaban J connectivity index is 0.787. The molecule has 0 spiro atoms. The van der Waals surface area contributed by atoms with Crippen LogP contribution in [0.25, 0.3) is 22.3 Å². The number of carbonyl (C=O) groups is 10. The molecule has 8 rings (SSSR count). The number of carbonyl (C=O) groups excluding carboxylic acids is 9. The lowest BCUT2D eigenvalue weighted by Gasteiger charge is -2.31. The van der Waals surface area contributed by atoms with Crippen LogP contribution < -0.4 is 21.5 Å². The summed E-state index contributed by atoms with van der Waals surface area (Å²) in [5.41, 5.74) is 2.17. The summed E-state index contributed by atoms with van der Waals surface area (Å²) in [6.45, 7) is 2.80. The lowest BCUT2D eigenvalue weighted by molar-refractivity contribution is -0.172. The van der Waals surface area contributed by atoms with Crippen molar-refractivity contribution in [1.82, 2.24) is 30.4 Å². The van der Waals surface area contributed by atoms with Gasteiger partial charge < -0.3 is 40.2 Å². The number of nitrogens with one attached hydrogen (secondary N) is 3. The van der Waals surface area contributed by atoms with Gasteiger partial charge in [-0.2, -0.15) is 0 Å². The number of aliphatic hydroxyl groups is 1. The van der Waals surface area contributed by atoms with E-state index >= 15 is 4.39 Å². The molecule has 4 aromatic rings. The van der Waals surface area contributed by atoms with Crippen molar-refractivity contribution in [1.29, 1.82) is 0 Å². The van der Waals surface area contributed by atoms with Gasteiger partial charge in [0, 0.05) is 92.8 Å². The molecule has 82 heavy (non-hydrogen) atoms. The summed E-state index contributed by atoms with van der Waals surface area (Å²) in [4.78, 5) is 147. The molecule has 5 N–H and O–H groups in total. The molecule has 2 aromatic carbocycles. The molecule has 0 saturated carbocycles. The summed E-state index contributed by atoms with van der Waals surface area (Å²) in [5, 5.41) is 30.1. The first kappa shape index (κ1) is 60.0. The van der Waals surface area contributed by atoms with Gasteiger partial charge in [-0.3, -0.25) is 52.8 Å². The van der Waals surface area contributed by atoms with E-state index in [1.54, 1.807) is 50.2 Å². The van der Waals surface area contributed by atoms with E-state index in [-0.39, 0.29) is 138 Å². The number of rotatable bonds is 30. The number of fused-ring (bicyclic) bond motifs is 5. The van der Waals surface area contributed by atoms with E-state index in [4.69, 9.17) is 14.5 Å². The van der Waals surface area contributed by atoms with Crippen LogP contribution >= 0.6 is 0 Å². The molecule has 21 nitrogen and oxygen atoms in total. The molecule has 5 heterocycles. The summed E-state index contributed by atoms with van der Waals surface area (Å²) in [7, 11) is 0. The van der Waals surface area contributed by atoms with Gasteiger partial charge >= 0.3 is 11.9 Å². The average Bonchev–Trinajstić information content (AvgIpc) is 3.50. The number of cyclic esters (lactones) is 1. The standard InChI is InChI=1S/C60H67FN6O15/c1-3-60(80)42-28-47-57-40(30-67(47)58(78)41(42)33-82-59(60)79)56-44(17-16-39-34(2)43(61)29-46(65-57)55(39)56)63-50(72)14-10-23-62-49(71)20-18-48(70)45(26-35-11-6-4-7-12-35)64-51(73)19-15-38(69)32-81-31-36(27-54(76)77)25-37(68)13-8-5-9-24-66-52(74)21-22-53(66)75/h4,6-7,11-12,21-22,28-29,36,44-45,80H,3,5,8-10,13-20,23-27,30-33H2,1-2H3,(H,62,71)(H,63,72)(H,64,73)(H,76,77)/t36-,44-,45-,60-/m0/s1. The number of ketones is 3. The minimum atomic E-state index is -2.04. The Kier molecular flexibility index (Phi) is 19.5. The Morgan fingerprint density at radius 1 is 0.854 bits per heavy atom. The molecule has 5 amide bonds. The lowest BCUT2D eigenvalue weighted by atomic mass is 9.81. The Labute approximate surface area is 471 Å². The summed E-state index contributed by atoms with van der Waals surface area (Å²) >= 11 is 0. The maximum Gasteiger partial charge on any atom is 0.343 e. The van der Waals surface area contributed by atoms with Gasteiger partial charge in [0.15, 0.2) is 17.2 Å². The number of amides is 5. The van der Waals surface area contributed by atoms with E-state index in [0.717, 1.165) is 16.0 Å². The fourth-order valence-corrected chi connectivity index (χ4v) is 11.2. The van der Waals surface area contributed by atoms with Gasteiger partial charge in [0.1, 0.15) is 24.8 Å². The number of ether oxygens (including phenoxy) is 2. The second kappa shape index (κ2) is 26.7. The van der Waals surface area contributed by atoms with Crippen molar-refractivity contribution >= 4 is 69.7 Å². The first-order valence-corrected chi connectivity index (χ1v) is 27.9. The number of aliphatic carboxylic acids is 1. The molecular formula is C60H67FN6O15. The predicted octanol–water partition coefficient (Wildman–Crippen LogP) is 4.51. The number of Topliss-reactive ketones (excluding diaryl/α,β-unsaturated/α-hetero) is 3. The van der Waals surface area contributed by atoms with Crippen molar-refractivity contribution in [2.24, 2.45) is 5.92 Å². The number of aryl methyl sites for hydroxylation is 1. The fourth-order valence-electron chi connectivity index (χ4n) is 11.2. The van der Waals surface area contributed by atoms with Crippen LogP contribution in [-0.4, -0.2) is 116 Å². The zero-order chi connectivity index (χ0) is 58.8. The molecule has 3 aliphatic heterocycles. The van der Waals surface area contributed by atoms with Crippen LogP contribution in [0.2, 0.25) is 0 Å². The van der Waals surface area contributed by atoms with Gasteiger partial charge in [0.05, 0.1) is 54.1 Å². The highest BCUT2D eigenvalue weighted by Crippen LogP contribution is 2.46. The second-order valence-corrected chi connectivity index (χ2v) is 21.4.